The van der Waals surface area contributed by atoms with E-state index in [2.05, 4.69) is 46.3 Å². The van der Waals surface area contributed by atoms with Crippen LogP contribution >= 0.6 is 0 Å². The zero-order valence-electron chi connectivity index (χ0n) is 15.9. The number of hydrogen-bond acceptors (Lipinski definition) is 9. The maximum Gasteiger partial charge on any atom is 0.158 e. The molecular weight excluding hydrogens is 368 g/mol. The van der Waals surface area contributed by atoms with E-state index in [1.807, 2.05) is 12.1 Å². The minimum Gasteiger partial charge on any atom is -0.383 e. The molecule has 4 rings (SSSR count). The summed E-state index contributed by atoms with van der Waals surface area (Å²) in [6.45, 7) is 1.92. The van der Waals surface area contributed by atoms with Crippen LogP contribution in [0.4, 0.5) is 17.3 Å². The molecule has 1 unspecified atom stereocenters. The highest BCUT2D eigenvalue weighted by molar-refractivity contribution is 5.75. The van der Waals surface area contributed by atoms with Gasteiger partial charge in [-0.25, -0.2) is 9.97 Å². The second-order valence-electron chi connectivity index (χ2n) is 6.86. The van der Waals surface area contributed by atoms with Crippen molar-refractivity contribution in [3.05, 3.63) is 36.5 Å². The van der Waals surface area contributed by atoms with Gasteiger partial charge in [-0.1, -0.05) is 6.42 Å². The lowest BCUT2D eigenvalue weighted by Crippen LogP contribution is -2.35. The molecule has 0 saturated carbocycles. The first-order chi connectivity index (χ1) is 14.3. The minimum absolute atomic E-state index is 0.260. The zero-order valence-corrected chi connectivity index (χ0v) is 15.9. The summed E-state index contributed by atoms with van der Waals surface area (Å²) in [6.07, 6.45) is 11.2. The van der Waals surface area contributed by atoms with Crippen LogP contribution in [-0.4, -0.2) is 49.5 Å². The molecule has 0 bridgehead atoms. The van der Waals surface area contributed by atoms with Gasteiger partial charge in [-0.15, -0.1) is 10.2 Å². The molecular formula is C19H22N10. The van der Waals surface area contributed by atoms with Crippen molar-refractivity contribution in [3.63, 3.8) is 0 Å². The summed E-state index contributed by atoms with van der Waals surface area (Å²) < 4.78 is 0. The predicted molar refractivity (Wildman–Crippen MR) is 108 cm³/mol. The van der Waals surface area contributed by atoms with Crippen molar-refractivity contribution < 1.29 is 0 Å². The summed E-state index contributed by atoms with van der Waals surface area (Å²) >= 11 is 0. The van der Waals surface area contributed by atoms with E-state index in [-0.39, 0.29) is 5.69 Å². The smallest absolute Gasteiger partial charge is 0.158 e. The lowest BCUT2D eigenvalue weighted by Gasteiger charge is -2.23. The van der Waals surface area contributed by atoms with Gasteiger partial charge in [-0.3, -0.25) is 5.10 Å². The first-order valence-corrected chi connectivity index (χ1v) is 9.65. The number of piperidine rings is 1. The minimum atomic E-state index is 0.260. The van der Waals surface area contributed by atoms with Crippen molar-refractivity contribution in [2.45, 2.75) is 31.7 Å². The Morgan fingerprint density at radius 3 is 2.83 bits per heavy atom. The van der Waals surface area contributed by atoms with Crippen molar-refractivity contribution in [1.82, 2.24) is 35.7 Å². The summed E-state index contributed by atoms with van der Waals surface area (Å²) in [5.74, 6) is 1.03. The third kappa shape index (κ3) is 4.83. The fourth-order valence-corrected chi connectivity index (χ4v) is 3.31. The number of nitrogens with zero attached hydrogens (tertiary/aromatic N) is 6. The Balaban J connectivity index is 1.49. The van der Waals surface area contributed by atoms with Crippen molar-refractivity contribution in [2.24, 2.45) is 0 Å². The van der Waals surface area contributed by atoms with E-state index in [1.165, 1.54) is 31.7 Å². The Kier molecular flexibility index (Phi) is 5.87. The number of nitriles is 1. The summed E-state index contributed by atoms with van der Waals surface area (Å²) in [4.78, 5) is 8.17. The molecule has 0 aromatic carbocycles. The normalized spacial score (nSPS) is 16.2. The Morgan fingerprint density at radius 1 is 1.14 bits per heavy atom. The molecule has 10 nitrogen and oxygen atoms in total. The van der Waals surface area contributed by atoms with E-state index in [9.17, 15) is 0 Å². The summed E-state index contributed by atoms with van der Waals surface area (Å²) in [5, 5.41) is 34.4. The molecule has 1 atom stereocenters. The Hall–Kier alpha value is -3.58. The van der Waals surface area contributed by atoms with Gasteiger partial charge in [-0.2, -0.15) is 10.4 Å². The van der Waals surface area contributed by atoms with Crippen LogP contribution in [0.25, 0.3) is 11.3 Å². The molecule has 0 amide bonds. The first kappa shape index (κ1) is 18.8. The van der Waals surface area contributed by atoms with Crippen LogP contribution in [-0.2, 0) is 0 Å². The van der Waals surface area contributed by atoms with Crippen LogP contribution in [0.3, 0.4) is 0 Å². The Morgan fingerprint density at radius 2 is 2.10 bits per heavy atom. The molecule has 0 radical (unpaired) electrons. The van der Waals surface area contributed by atoms with Gasteiger partial charge in [0.25, 0.3) is 0 Å². The third-order valence-electron chi connectivity index (χ3n) is 4.81. The molecule has 1 saturated heterocycles. The van der Waals surface area contributed by atoms with Gasteiger partial charge in [0.15, 0.2) is 11.5 Å². The fraction of sp³-hybridized carbons (Fsp3) is 0.368. The van der Waals surface area contributed by atoms with Gasteiger partial charge in [0.05, 0.1) is 24.3 Å². The molecule has 1 aliphatic heterocycles. The molecule has 1 fully saturated rings. The van der Waals surface area contributed by atoms with Crippen LogP contribution in [0.15, 0.2) is 30.9 Å². The van der Waals surface area contributed by atoms with Gasteiger partial charge in [0, 0.05) is 30.4 Å². The third-order valence-corrected chi connectivity index (χ3v) is 4.81. The number of aromatic amines is 1. The maximum absolute atomic E-state index is 8.84. The van der Waals surface area contributed by atoms with Crippen LogP contribution in [0.2, 0.25) is 0 Å². The highest BCUT2D eigenvalue weighted by Gasteiger charge is 2.14. The number of rotatable bonds is 7. The number of H-pyrrole nitrogens is 1. The average molecular weight is 390 g/mol. The second kappa shape index (κ2) is 9.07. The molecule has 3 aromatic heterocycles. The monoisotopic (exact) mass is 390 g/mol. The van der Waals surface area contributed by atoms with E-state index in [1.54, 1.807) is 12.4 Å². The number of anilines is 3. The first-order valence-electron chi connectivity index (χ1n) is 9.65. The standard InChI is InChI=1S/C19H22N10/c20-8-15-11-24-18(12-23-15)27-17-7-16(19(29-28-17)13-9-25-26-10-13)22-6-4-14-3-1-2-5-21-14/h7,9-12,14,21H,1-6H2,(H,25,26)(H2,22,24,27,28). The molecule has 29 heavy (non-hydrogen) atoms. The SMILES string of the molecule is N#Cc1cnc(Nc2cc(NCCC3CCCCN3)c(-c3cn[nH]c3)nn2)cn1. The Bertz CT molecular complexity index is 956. The Labute approximate surface area is 168 Å². The van der Waals surface area contributed by atoms with Gasteiger partial charge in [0.2, 0.25) is 0 Å². The van der Waals surface area contributed by atoms with Crippen LogP contribution in [0.5, 0.6) is 0 Å². The fourth-order valence-electron chi connectivity index (χ4n) is 3.31. The van der Waals surface area contributed by atoms with Gasteiger partial charge in [0.1, 0.15) is 17.6 Å². The van der Waals surface area contributed by atoms with Gasteiger partial charge < -0.3 is 16.0 Å². The van der Waals surface area contributed by atoms with E-state index < -0.39 is 0 Å². The number of aromatic nitrogens is 6. The summed E-state index contributed by atoms with van der Waals surface area (Å²) in [6, 6.07) is 4.39. The van der Waals surface area contributed by atoms with Crippen LogP contribution in [0, 0.1) is 11.3 Å². The molecule has 1 aliphatic rings. The largest absolute Gasteiger partial charge is 0.383 e. The quantitative estimate of drug-likeness (QED) is 0.478. The molecule has 10 heteroatoms. The summed E-state index contributed by atoms with van der Waals surface area (Å²) in [7, 11) is 0. The van der Waals surface area contributed by atoms with Crippen LogP contribution in [0.1, 0.15) is 31.4 Å². The van der Waals surface area contributed by atoms with Crippen molar-refractivity contribution >= 4 is 17.3 Å². The molecule has 0 aliphatic carbocycles. The lowest BCUT2D eigenvalue weighted by atomic mass is 10.0. The predicted octanol–water partition coefficient (Wildman–Crippen LogP) is 2.22. The molecule has 3 aromatic rings. The molecule has 0 spiro atoms. The lowest BCUT2D eigenvalue weighted by molar-refractivity contribution is 0.389. The van der Waals surface area contributed by atoms with Gasteiger partial charge in [-0.05, 0) is 25.8 Å². The van der Waals surface area contributed by atoms with Crippen molar-refractivity contribution in [3.8, 4) is 17.3 Å². The zero-order chi connectivity index (χ0) is 19.9. The number of hydrogen-bond donors (Lipinski definition) is 4. The van der Waals surface area contributed by atoms with Crippen molar-refractivity contribution in [2.75, 3.05) is 23.7 Å². The van der Waals surface area contributed by atoms with E-state index in [0.29, 0.717) is 17.7 Å². The molecule has 4 N–H and O–H groups in total. The topological polar surface area (TPSA) is 140 Å². The van der Waals surface area contributed by atoms with Crippen molar-refractivity contribution in [1.29, 1.82) is 5.26 Å². The van der Waals surface area contributed by atoms with E-state index in [4.69, 9.17) is 5.26 Å². The maximum atomic E-state index is 8.84. The second-order valence-corrected chi connectivity index (χ2v) is 6.86. The highest BCUT2D eigenvalue weighted by atomic mass is 15.2. The molecule has 148 valence electrons. The highest BCUT2D eigenvalue weighted by Crippen LogP contribution is 2.27. The van der Waals surface area contributed by atoms with Gasteiger partial charge >= 0.3 is 0 Å². The number of nitrogens with one attached hydrogen (secondary N) is 4. The van der Waals surface area contributed by atoms with E-state index >= 15 is 0 Å². The summed E-state index contributed by atoms with van der Waals surface area (Å²) in [5.41, 5.74) is 2.71. The van der Waals surface area contributed by atoms with Crippen LogP contribution < -0.4 is 16.0 Å². The average Bonchev–Trinajstić information content (AvgIpc) is 3.30. The van der Waals surface area contributed by atoms with E-state index in [0.717, 1.165) is 36.5 Å². The molecule has 4 heterocycles.